The van der Waals surface area contributed by atoms with E-state index < -0.39 is 11.9 Å². The quantitative estimate of drug-likeness (QED) is 0.386. The lowest BCUT2D eigenvalue weighted by molar-refractivity contribution is -0.138. The first kappa shape index (κ1) is 26.6. The van der Waals surface area contributed by atoms with Gasteiger partial charge in [0.15, 0.2) is 5.58 Å². The summed E-state index contributed by atoms with van der Waals surface area (Å²) in [4.78, 5) is 53.5. The van der Waals surface area contributed by atoms with Crippen molar-refractivity contribution in [3.63, 3.8) is 0 Å². The van der Waals surface area contributed by atoms with Gasteiger partial charge in [-0.05, 0) is 56.5 Å². The number of carbonyl (C=O) groups excluding carboxylic acids is 2. The summed E-state index contributed by atoms with van der Waals surface area (Å²) in [5, 5.41) is 2.83. The van der Waals surface area contributed by atoms with E-state index >= 15 is 0 Å². The molecule has 5 heterocycles. The van der Waals surface area contributed by atoms with Crippen molar-refractivity contribution in [2.45, 2.75) is 45.2 Å². The van der Waals surface area contributed by atoms with Gasteiger partial charge in [0, 0.05) is 48.9 Å². The maximum Gasteiger partial charge on any atom is 0.250 e. The third-order valence-electron chi connectivity index (χ3n) is 8.01. The van der Waals surface area contributed by atoms with Gasteiger partial charge in [0.25, 0.3) is 5.56 Å². The molecule has 6 rings (SSSR count). The van der Waals surface area contributed by atoms with Crippen molar-refractivity contribution in [2.75, 3.05) is 20.2 Å². The SMILES string of the molecule is COc1ccc(-c2oc3c(=O)cc(C)oc3c2CC(=O)NC(C)C(=O)N2CC3CC(C2)c2cccc(=O)n2C3)cc1. The van der Waals surface area contributed by atoms with Crippen LogP contribution in [0.1, 0.15) is 36.3 Å². The van der Waals surface area contributed by atoms with E-state index in [-0.39, 0.29) is 46.3 Å². The smallest absolute Gasteiger partial charge is 0.250 e. The number of methoxy groups -OCH3 is 1. The Morgan fingerprint density at radius 3 is 2.59 bits per heavy atom. The van der Waals surface area contributed by atoms with Crippen molar-refractivity contribution in [3.05, 3.63) is 86.1 Å². The van der Waals surface area contributed by atoms with Gasteiger partial charge in [-0.2, -0.15) is 0 Å². The van der Waals surface area contributed by atoms with Crippen LogP contribution in [0, 0.1) is 12.8 Å². The van der Waals surface area contributed by atoms with Crippen LogP contribution in [0.5, 0.6) is 5.75 Å². The first-order chi connectivity index (χ1) is 19.7. The molecule has 3 atom stereocenters. The Hall–Kier alpha value is -4.60. The number of fused-ring (bicyclic) bond motifs is 5. The second-order valence-corrected chi connectivity index (χ2v) is 10.9. The molecule has 1 saturated heterocycles. The predicted octanol–water partition coefficient (Wildman–Crippen LogP) is 3.22. The topological polar surface area (TPSA) is 124 Å². The monoisotopic (exact) mass is 557 g/mol. The molecular formula is C31H31N3O7. The average molecular weight is 558 g/mol. The van der Waals surface area contributed by atoms with Crippen LogP contribution in [0.2, 0.25) is 0 Å². The number of likely N-dealkylation sites (tertiary alicyclic amines) is 1. The molecule has 0 aliphatic carbocycles. The van der Waals surface area contributed by atoms with Crippen LogP contribution in [0.25, 0.3) is 22.5 Å². The molecule has 2 bridgehead atoms. The van der Waals surface area contributed by atoms with E-state index in [1.807, 2.05) is 10.6 Å². The Balaban J connectivity index is 1.22. The number of aromatic nitrogens is 1. The van der Waals surface area contributed by atoms with Crippen LogP contribution in [0.15, 0.2) is 67.0 Å². The molecule has 1 N–H and O–H groups in total. The summed E-state index contributed by atoms with van der Waals surface area (Å²) in [6.45, 7) is 4.95. The molecule has 0 radical (unpaired) electrons. The number of piperidine rings is 1. The number of rotatable bonds is 6. The zero-order chi connectivity index (χ0) is 28.8. The number of pyridine rings is 1. The number of carbonyl (C=O) groups is 2. The van der Waals surface area contributed by atoms with Crippen molar-refractivity contribution in [1.82, 2.24) is 14.8 Å². The lowest BCUT2D eigenvalue weighted by atomic mass is 9.83. The summed E-state index contributed by atoms with van der Waals surface area (Å²) in [7, 11) is 1.57. The Morgan fingerprint density at radius 1 is 1.05 bits per heavy atom. The molecule has 10 nitrogen and oxygen atoms in total. The third kappa shape index (κ3) is 4.94. The maximum absolute atomic E-state index is 13.4. The molecule has 2 aliphatic heterocycles. The molecule has 41 heavy (non-hydrogen) atoms. The number of nitrogens with zero attached hydrogens (tertiary/aromatic N) is 2. The summed E-state index contributed by atoms with van der Waals surface area (Å²) in [5.41, 5.74) is 1.94. The van der Waals surface area contributed by atoms with Crippen LogP contribution in [-0.2, 0) is 22.6 Å². The van der Waals surface area contributed by atoms with E-state index in [1.165, 1.54) is 6.07 Å². The number of nitrogens with one attached hydrogen (secondary N) is 1. The summed E-state index contributed by atoms with van der Waals surface area (Å²) >= 11 is 0. The fourth-order valence-corrected chi connectivity index (χ4v) is 6.16. The van der Waals surface area contributed by atoms with Crippen molar-refractivity contribution in [1.29, 1.82) is 0 Å². The third-order valence-corrected chi connectivity index (χ3v) is 8.01. The van der Waals surface area contributed by atoms with Crippen LogP contribution < -0.4 is 21.0 Å². The molecule has 3 unspecified atom stereocenters. The Labute approximate surface area is 235 Å². The second-order valence-electron chi connectivity index (χ2n) is 10.9. The van der Waals surface area contributed by atoms with Gasteiger partial charge in [-0.1, -0.05) is 6.07 Å². The zero-order valence-electron chi connectivity index (χ0n) is 23.1. The molecule has 212 valence electrons. The highest BCUT2D eigenvalue weighted by molar-refractivity contribution is 5.92. The summed E-state index contributed by atoms with van der Waals surface area (Å²) in [6, 6.07) is 12.9. The number of ether oxygens (including phenoxy) is 1. The predicted molar refractivity (Wildman–Crippen MR) is 151 cm³/mol. The molecule has 0 saturated carbocycles. The number of furan rings is 1. The Kier molecular flexibility index (Phi) is 6.76. The number of hydrogen-bond donors (Lipinski definition) is 1. The van der Waals surface area contributed by atoms with E-state index in [1.54, 1.807) is 62.3 Å². The first-order valence-electron chi connectivity index (χ1n) is 13.7. The highest BCUT2D eigenvalue weighted by Crippen LogP contribution is 2.36. The largest absolute Gasteiger partial charge is 0.497 e. The fourth-order valence-electron chi connectivity index (χ4n) is 6.16. The van der Waals surface area contributed by atoms with E-state index in [9.17, 15) is 19.2 Å². The Bertz CT molecular complexity index is 1770. The molecule has 1 aromatic carbocycles. The van der Waals surface area contributed by atoms with Gasteiger partial charge in [-0.15, -0.1) is 0 Å². The maximum atomic E-state index is 13.4. The molecule has 4 aromatic rings. The van der Waals surface area contributed by atoms with E-state index in [4.69, 9.17) is 13.6 Å². The molecule has 0 spiro atoms. The van der Waals surface area contributed by atoms with Crippen LogP contribution in [0.4, 0.5) is 0 Å². The average Bonchev–Trinajstić information content (AvgIpc) is 3.31. The van der Waals surface area contributed by atoms with Gasteiger partial charge in [-0.3, -0.25) is 19.2 Å². The van der Waals surface area contributed by atoms with Crippen molar-refractivity contribution in [2.24, 2.45) is 5.92 Å². The fraction of sp³-hybridized carbons (Fsp3) is 0.355. The number of amides is 2. The molecule has 1 fully saturated rings. The van der Waals surface area contributed by atoms with E-state index in [0.717, 1.165) is 12.1 Å². The Morgan fingerprint density at radius 2 is 1.83 bits per heavy atom. The summed E-state index contributed by atoms with van der Waals surface area (Å²) in [6.07, 6.45) is 0.778. The van der Waals surface area contributed by atoms with Crippen molar-refractivity contribution >= 4 is 23.0 Å². The van der Waals surface area contributed by atoms with Crippen LogP contribution in [0.3, 0.4) is 0 Å². The van der Waals surface area contributed by atoms with Gasteiger partial charge in [0.1, 0.15) is 23.3 Å². The van der Waals surface area contributed by atoms with Crippen LogP contribution >= 0.6 is 0 Å². The second kappa shape index (κ2) is 10.4. The van der Waals surface area contributed by atoms with Gasteiger partial charge in [0.05, 0.1) is 19.1 Å². The minimum atomic E-state index is -0.768. The summed E-state index contributed by atoms with van der Waals surface area (Å²) < 4.78 is 18.9. The highest BCUT2D eigenvalue weighted by atomic mass is 16.5. The van der Waals surface area contributed by atoms with E-state index in [2.05, 4.69) is 5.32 Å². The summed E-state index contributed by atoms with van der Waals surface area (Å²) in [5.74, 6) is 1.09. The molecular weight excluding hydrogens is 526 g/mol. The van der Waals surface area contributed by atoms with Crippen LogP contribution in [-0.4, -0.2) is 47.5 Å². The molecule has 3 aromatic heterocycles. The molecule has 2 amide bonds. The first-order valence-corrected chi connectivity index (χ1v) is 13.7. The van der Waals surface area contributed by atoms with Gasteiger partial charge < -0.3 is 28.4 Å². The highest BCUT2D eigenvalue weighted by Gasteiger charge is 2.37. The standard InChI is InChI=1S/C31H31N3O7/c1-17-11-25(35)30-29(40-17)23(28(41-30)20-7-9-22(39-3)10-8-20)13-26(36)32-18(2)31(38)33-14-19-12-21(16-33)24-5-4-6-27(37)34(24)15-19/h4-11,18-19,21H,12-16H2,1-3H3,(H,32,36). The number of benzene rings is 1. The van der Waals surface area contributed by atoms with Gasteiger partial charge >= 0.3 is 0 Å². The van der Waals surface area contributed by atoms with E-state index in [0.29, 0.717) is 48.0 Å². The minimum Gasteiger partial charge on any atom is -0.497 e. The molecule has 2 aliphatic rings. The number of hydrogen-bond acceptors (Lipinski definition) is 7. The van der Waals surface area contributed by atoms with Crippen molar-refractivity contribution in [3.8, 4) is 17.1 Å². The number of aryl methyl sites for hydroxylation is 1. The van der Waals surface area contributed by atoms with Gasteiger partial charge in [-0.25, -0.2) is 0 Å². The normalized spacial score (nSPS) is 18.6. The minimum absolute atomic E-state index is 0.00980. The van der Waals surface area contributed by atoms with Crippen molar-refractivity contribution < 1.29 is 23.2 Å². The molecule has 10 heteroatoms. The lowest BCUT2D eigenvalue weighted by Crippen LogP contribution is -2.54. The zero-order valence-corrected chi connectivity index (χ0v) is 23.1. The lowest BCUT2D eigenvalue weighted by Gasteiger charge is -2.43. The van der Waals surface area contributed by atoms with Gasteiger partial charge in [0.2, 0.25) is 22.8 Å².